The average Bonchev–Trinajstić information content (AvgIpc) is 3.12. The van der Waals surface area contributed by atoms with Crippen LogP contribution < -0.4 is 22.1 Å². The zero-order valence-corrected chi connectivity index (χ0v) is 22.5. The van der Waals surface area contributed by atoms with Crippen molar-refractivity contribution in [2.75, 3.05) is 26.2 Å². The van der Waals surface area contributed by atoms with Crippen molar-refractivity contribution in [3.8, 4) is 0 Å². The third-order valence-electron chi connectivity index (χ3n) is 7.35. The number of hydrogen-bond acceptors (Lipinski definition) is 4. The number of rotatable bonds is 11. The van der Waals surface area contributed by atoms with E-state index in [9.17, 15) is 9.59 Å². The van der Waals surface area contributed by atoms with Gasteiger partial charge in [0.2, 0.25) is 11.8 Å². The van der Waals surface area contributed by atoms with Crippen LogP contribution in [0.1, 0.15) is 49.1 Å². The molecular formula is C31H40N6O2. The predicted octanol–water partition coefficient (Wildman–Crippen LogP) is 2.82. The van der Waals surface area contributed by atoms with E-state index < -0.39 is 0 Å². The van der Waals surface area contributed by atoms with Gasteiger partial charge in [-0.2, -0.15) is 0 Å². The van der Waals surface area contributed by atoms with Gasteiger partial charge < -0.3 is 27.0 Å². The standard InChI is InChI=1S/C31H40N6O2/c32-31(33)34-19-10-17-28-30(39)37(20-18-26(36-28)21-35-29(38)25-15-8-3-9-16-25)22-27(23-11-4-1-5-12-23)24-13-6-2-7-14-24/h1-8,11-14,16,26-28,36H,9-10,15,17-22H2,(H,35,38)(H4,32,33,34). The summed E-state index contributed by atoms with van der Waals surface area (Å²) in [6, 6.07) is 20.3. The molecule has 0 spiro atoms. The molecular weight excluding hydrogens is 488 g/mol. The number of allylic oxidation sites excluding steroid dienone is 3. The Bertz CT molecular complexity index is 1130. The molecule has 2 aromatic rings. The summed E-state index contributed by atoms with van der Waals surface area (Å²) in [5.74, 6) is 0.149. The highest BCUT2D eigenvalue weighted by Crippen LogP contribution is 2.27. The molecule has 1 fully saturated rings. The minimum absolute atomic E-state index is 0.0254. The minimum atomic E-state index is -0.382. The van der Waals surface area contributed by atoms with E-state index in [0.717, 1.165) is 18.4 Å². The lowest BCUT2D eigenvalue weighted by atomic mass is 9.90. The fourth-order valence-corrected chi connectivity index (χ4v) is 5.24. The van der Waals surface area contributed by atoms with Crippen LogP contribution >= 0.6 is 0 Å². The Morgan fingerprint density at radius 2 is 1.74 bits per heavy atom. The van der Waals surface area contributed by atoms with E-state index in [-0.39, 0.29) is 35.8 Å². The zero-order chi connectivity index (χ0) is 27.5. The van der Waals surface area contributed by atoms with Gasteiger partial charge in [0.1, 0.15) is 0 Å². The maximum atomic E-state index is 13.9. The number of hydrogen-bond donors (Lipinski definition) is 4. The molecule has 2 aliphatic rings. The van der Waals surface area contributed by atoms with E-state index >= 15 is 0 Å². The van der Waals surface area contributed by atoms with Crippen molar-refractivity contribution in [1.82, 2.24) is 15.5 Å². The Kier molecular flexibility index (Phi) is 10.3. The topological polar surface area (TPSA) is 126 Å². The second-order valence-electron chi connectivity index (χ2n) is 10.2. The summed E-state index contributed by atoms with van der Waals surface area (Å²) in [5.41, 5.74) is 14.1. The molecule has 0 aromatic heterocycles. The van der Waals surface area contributed by atoms with Gasteiger partial charge >= 0.3 is 0 Å². The maximum absolute atomic E-state index is 13.9. The highest BCUT2D eigenvalue weighted by Gasteiger charge is 2.32. The molecule has 1 heterocycles. The second-order valence-corrected chi connectivity index (χ2v) is 10.2. The number of nitrogens with one attached hydrogen (secondary N) is 2. The van der Waals surface area contributed by atoms with Crippen LogP contribution in [0.5, 0.6) is 0 Å². The van der Waals surface area contributed by atoms with Crippen LogP contribution in [0.3, 0.4) is 0 Å². The smallest absolute Gasteiger partial charge is 0.247 e. The lowest BCUT2D eigenvalue weighted by Gasteiger charge is -2.29. The van der Waals surface area contributed by atoms with Crippen LogP contribution in [0.2, 0.25) is 0 Å². The van der Waals surface area contributed by atoms with E-state index in [4.69, 9.17) is 11.5 Å². The maximum Gasteiger partial charge on any atom is 0.247 e. The second kappa shape index (κ2) is 14.3. The van der Waals surface area contributed by atoms with Crippen molar-refractivity contribution < 1.29 is 9.59 Å². The number of nitrogens with zero attached hydrogens (tertiary/aromatic N) is 2. The number of aliphatic imine (C=N–C) groups is 1. The lowest BCUT2D eigenvalue weighted by molar-refractivity contribution is -0.133. The normalized spacial score (nSPS) is 19.4. The molecule has 0 bridgehead atoms. The third kappa shape index (κ3) is 8.29. The lowest BCUT2D eigenvalue weighted by Crippen LogP contribution is -2.49. The number of nitrogens with two attached hydrogens (primary N) is 2. The van der Waals surface area contributed by atoms with Gasteiger partial charge in [-0.3, -0.25) is 14.6 Å². The summed E-state index contributed by atoms with van der Waals surface area (Å²) in [6.07, 6.45) is 9.53. The minimum Gasteiger partial charge on any atom is -0.370 e. The van der Waals surface area contributed by atoms with Gasteiger partial charge in [0.05, 0.1) is 6.04 Å². The molecule has 1 saturated heterocycles. The van der Waals surface area contributed by atoms with Crippen LogP contribution in [0.25, 0.3) is 0 Å². The first-order valence-electron chi connectivity index (χ1n) is 13.8. The van der Waals surface area contributed by atoms with Gasteiger partial charge in [0, 0.05) is 43.7 Å². The number of amides is 2. The van der Waals surface area contributed by atoms with Crippen molar-refractivity contribution in [2.45, 2.75) is 50.1 Å². The zero-order valence-electron chi connectivity index (χ0n) is 22.5. The van der Waals surface area contributed by atoms with Gasteiger partial charge in [-0.05, 0) is 43.2 Å². The first-order valence-corrected chi connectivity index (χ1v) is 13.8. The number of carbonyl (C=O) groups excluding carboxylic acids is 2. The third-order valence-corrected chi connectivity index (χ3v) is 7.35. The fourth-order valence-electron chi connectivity index (χ4n) is 5.24. The molecule has 6 N–H and O–H groups in total. The van der Waals surface area contributed by atoms with E-state index in [1.165, 1.54) is 11.1 Å². The Morgan fingerprint density at radius 1 is 1.05 bits per heavy atom. The first-order chi connectivity index (χ1) is 19.0. The molecule has 1 aliphatic carbocycles. The van der Waals surface area contributed by atoms with E-state index in [0.29, 0.717) is 45.4 Å². The van der Waals surface area contributed by atoms with E-state index in [1.807, 2.05) is 53.5 Å². The number of guanidine groups is 1. The van der Waals surface area contributed by atoms with Gasteiger partial charge in [-0.15, -0.1) is 0 Å². The molecule has 1 aliphatic heterocycles. The van der Waals surface area contributed by atoms with Gasteiger partial charge in [0.25, 0.3) is 0 Å². The fraction of sp³-hybridized carbons (Fsp3) is 0.387. The van der Waals surface area contributed by atoms with Crippen LogP contribution in [0.4, 0.5) is 0 Å². The SMILES string of the molecule is NC(N)=NCCCC1NC(CNC(=O)C2=CCC=CC2)CCN(CC(c2ccccc2)c2ccccc2)C1=O. The summed E-state index contributed by atoms with van der Waals surface area (Å²) in [7, 11) is 0. The van der Waals surface area contributed by atoms with Gasteiger partial charge in [0.15, 0.2) is 5.96 Å². The summed E-state index contributed by atoms with van der Waals surface area (Å²) in [4.78, 5) is 32.7. The van der Waals surface area contributed by atoms with Crippen molar-refractivity contribution in [3.05, 3.63) is 95.6 Å². The van der Waals surface area contributed by atoms with Crippen LogP contribution in [0, 0.1) is 0 Å². The molecule has 206 valence electrons. The largest absolute Gasteiger partial charge is 0.370 e. The summed E-state index contributed by atoms with van der Waals surface area (Å²) in [6.45, 7) is 2.12. The molecule has 2 atom stereocenters. The molecule has 2 unspecified atom stereocenters. The molecule has 8 heteroatoms. The highest BCUT2D eigenvalue weighted by atomic mass is 16.2. The Balaban J connectivity index is 1.49. The molecule has 39 heavy (non-hydrogen) atoms. The quantitative estimate of drug-likeness (QED) is 0.154. The molecule has 4 rings (SSSR count). The molecule has 0 saturated carbocycles. The summed E-state index contributed by atoms with van der Waals surface area (Å²) < 4.78 is 0. The Labute approximate surface area is 231 Å². The number of benzene rings is 2. The van der Waals surface area contributed by atoms with Crippen molar-refractivity contribution >= 4 is 17.8 Å². The van der Waals surface area contributed by atoms with E-state index in [2.05, 4.69) is 46.0 Å². The monoisotopic (exact) mass is 528 g/mol. The van der Waals surface area contributed by atoms with E-state index in [1.54, 1.807) is 0 Å². The first kappa shape index (κ1) is 28.1. The summed E-state index contributed by atoms with van der Waals surface area (Å²) >= 11 is 0. The molecule has 8 nitrogen and oxygen atoms in total. The number of carbonyl (C=O) groups is 2. The Hall–Kier alpha value is -3.91. The molecule has 2 aromatic carbocycles. The highest BCUT2D eigenvalue weighted by molar-refractivity contribution is 5.93. The van der Waals surface area contributed by atoms with Gasteiger partial charge in [-0.25, -0.2) is 0 Å². The Morgan fingerprint density at radius 3 is 2.36 bits per heavy atom. The average molecular weight is 529 g/mol. The van der Waals surface area contributed by atoms with Crippen LogP contribution in [0.15, 0.2) is 89.5 Å². The summed E-state index contributed by atoms with van der Waals surface area (Å²) in [5, 5.41) is 6.63. The van der Waals surface area contributed by atoms with Crippen molar-refractivity contribution in [2.24, 2.45) is 16.5 Å². The van der Waals surface area contributed by atoms with Gasteiger partial charge in [-0.1, -0.05) is 78.9 Å². The predicted molar refractivity (Wildman–Crippen MR) is 156 cm³/mol. The van der Waals surface area contributed by atoms with Crippen LogP contribution in [-0.4, -0.2) is 60.9 Å². The van der Waals surface area contributed by atoms with Crippen molar-refractivity contribution in [3.63, 3.8) is 0 Å². The molecule has 0 radical (unpaired) electrons. The molecule has 2 amide bonds. The van der Waals surface area contributed by atoms with Crippen molar-refractivity contribution in [1.29, 1.82) is 0 Å². The van der Waals surface area contributed by atoms with Crippen LogP contribution in [-0.2, 0) is 9.59 Å².